The minimum absolute atomic E-state index is 0.302. The first kappa shape index (κ1) is 18.9. The Bertz CT molecular complexity index is 875. The van der Waals surface area contributed by atoms with Crippen LogP contribution in [0.3, 0.4) is 0 Å². The highest BCUT2D eigenvalue weighted by molar-refractivity contribution is 6.01. The molecule has 1 aromatic heterocycles. The molecular weight excluding hydrogens is 322 g/mol. The number of hydroxylamine groups is 2. The van der Waals surface area contributed by atoms with Crippen LogP contribution in [0.4, 0.5) is 0 Å². The van der Waals surface area contributed by atoms with Crippen LogP contribution in [0.5, 0.6) is 0 Å². The van der Waals surface area contributed by atoms with Crippen molar-refractivity contribution in [1.29, 1.82) is 0 Å². The van der Waals surface area contributed by atoms with Gasteiger partial charge in [-0.1, -0.05) is 0 Å². The van der Waals surface area contributed by atoms with Gasteiger partial charge in [-0.05, 0) is 90.3 Å². The minimum Gasteiger partial charge on any atom is -0.633 e. The van der Waals surface area contributed by atoms with Crippen LogP contribution in [0.2, 0.25) is 0 Å². The Morgan fingerprint density at radius 1 is 1.15 bits per heavy atom. The molecule has 2 aliphatic heterocycles. The number of quaternary nitrogens is 1. The van der Waals surface area contributed by atoms with Crippen molar-refractivity contribution >= 4 is 11.3 Å². The molecule has 0 fully saturated rings. The maximum atomic E-state index is 12.9. The second-order valence-electron chi connectivity index (χ2n) is 9.10. The Morgan fingerprint density at radius 3 is 2.27 bits per heavy atom. The van der Waals surface area contributed by atoms with E-state index < -0.39 is 5.54 Å². The van der Waals surface area contributed by atoms with Gasteiger partial charge >= 0.3 is 0 Å². The maximum absolute atomic E-state index is 12.9. The standard InChI is InChI=1S/C22H31N3O/c1-13-9-15(3)23-19(13)18(20-14(2)10-16(4)24-20)17-11-21(5,6)25(26)22(7,8)12-17/h9-11,23,25H,12H2,1-8H3/b20-18-. The first-order chi connectivity index (χ1) is 11.9. The lowest BCUT2D eigenvalue weighted by Gasteiger charge is -2.51. The molecule has 0 aliphatic carbocycles. The number of H-pyrrole nitrogens is 1. The van der Waals surface area contributed by atoms with Gasteiger partial charge in [0.2, 0.25) is 0 Å². The molecule has 0 bridgehead atoms. The molecule has 4 nitrogen and oxygen atoms in total. The Balaban J connectivity index is 2.29. The largest absolute Gasteiger partial charge is 0.633 e. The second-order valence-corrected chi connectivity index (χ2v) is 9.10. The summed E-state index contributed by atoms with van der Waals surface area (Å²) >= 11 is 0. The first-order valence-corrected chi connectivity index (χ1v) is 9.34. The molecule has 3 rings (SSSR count). The predicted octanol–water partition coefficient (Wildman–Crippen LogP) is 4.03. The zero-order valence-electron chi connectivity index (χ0n) is 17.3. The summed E-state index contributed by atoms with van der Waals surface area (Å²) in [6.07, 6.45) is 5.02. The molecule has 0 saturated carbocycles. The molecular formula is C22H31N3O. The average Bonchev–Trinajstić information content (AvgIpc) is 2.98. The van der Waals surface area contributed by atoms with Crippen LogP contribution in [0, 0.1) is 19.1 Å². The van der Waals surface area contributed by atoms with E-state index in [4.69, 9.17) is 4.99 Å². The van der Waals surface area contributed by atoms with Crippen molar-refractivity contribution in [3.8, 4) is 0 Å². The number of aryl methyl sites for hydroxylation is 2. The van der Waals surface area contributed by atoms with Crippen molar-refractivity contribution in [3.05, 3.63) is 57.2 Å². The van der Waals surface area contributed by atoms with Crippen LogP contribution in [-0.2, 0) is 0 Å². The third-order valence-corrected chi connectivity index (χ3v) is 5.41. The summed E-state index contributed by atoms with van der Waals surface area (Å²) in [6.45, 7) is 16.5. The van der Waals surface area contributed by atoms with Crippen LogP contribution in [0.25, 0.3) is 5.57 Å². The number of allylic oxidation sites excluding steroid dienone is 3. The van der Waals surface area contributed by atoms with Crippen molar-refractivity contribution < 1.29 is 5.06 Å². The Hall–Kier alpha value is -1.91. The second kappa shape index (κ2) is 6.07. The van der Waals surface area contributed by atoms with Crippen LogP contribution >= 0.6 is 0 Å². The molecule has 26 heavy (non-hydrogen) atoms. The quantitative estimate of drug-likeness (QED) is 0.775. The fourth-order valence-electron chi connectivity index (χ4n) is 4.49. The molecule has 1 atom stereocenters. The lowest BCUT2D eigenvalue weighted by Crippen LogP contribution is -3.22. The van der Waals surface area contributed by atoms with E-state index in [9.17, 15) is 5.21 Å². The van der Waals surface area contributed by atoms with E-state index in [0.29, 0.717) is 5.06 Å². The zero-order valence-corrected chi connectivity index (χ0v) is 17.3. The molecule has 1 unspecified atom stereocenters. The van der Waals surface area contributed by atoms with Crippen molar-refractivity contribution in [2.24, 2.45) is 4.99 Å². The predicted molar refractivity (Wildman–Crippen MR) is 109 cm³/mol. The topological polar surface area (TPSA) is 55.6 Å². The van der Waals surface area contributed by atoms with Gasteiger partial charge in [0, 0.05) is 23.4 Å². The third-order valence-electron chi connectivity index (χ3n) is 5.41. The van der Waals surface area contributed by atoms with Gasteiger partial charge in [0.1, 0.15) is 5.54 Å². The monoisotopic (exact) mass is 353 g/mol. The van der Waals surface area contributed by atoms with E-state index >= 15 is 0 Å². The van der Waals surface area contributed by atoms with E-state index in [0.717, 1.165) is 34.8 Å². The van der Waals surface area contributed by atoms with Gasteiger partial charge in [-0.25, -0.2) is 0 Å². The highest BCUT2D eigenvalue weighted by atomic mass is 16.5. The number of aromatic nitrogens is 1. The summed E-state index contributed by atoms with van der Waals surface area (Å²) in [4.78, 5) is 8.38. The minimum atomic E-state index is -0.479. The normalized spacial score (nSPS) is 26.3. The average molecular weight is 354 g/mol. The number of hydrogen-bond acceptors (Lipinski definition) is 2. The van der Waals surface area contributed by atoms with Crippen molar-refractivity contribution in [3.63, 3.8) is 0 Å². The van der Waals surface area contributed by atoms with Gasteiger partial charge < -0.3 is 15.3 Å². The van der Waals surface area contributed by atoms with E-state index in [1.54, 1.807) is 0 Å². The van der Waals surface area contributed by atoms with Gasteiger partial charge in [0.15, 0.2) is 0 Å². The molecule has 0 amide bonds. The van der Waals surface area contributed by atoms with E-state index in [1.165, 1.54) is 16.7 Å². The molecule has 2 N–H and O–H groups in total. The lowest BCUT2D eigenvalue weighted by molar-refractivity contribution is -0.943. The van der Waals surface area contributed by atoms with E-state index in [2.05, 4.69) is 57.8 Å². The Morgan fingerprint density at radius 2 is 1.81 bits per heavy atom. The number of nitrogens with one attached hydrogen (secondary N) is 2. The summed E-state index contributed by atoms with van der Waals surface area (Å²) in [5.74, 6) is 0. The fourth-order valence-corrected chi connectivity index (χ4v) is 4.49. The van der Waals surface area contributed by atoms with E-state index in [1.807, 2.05) is 20.8 Å². The molecule has 140 valence electrons. The fraction of sp³-hybridized carbons (Fsp3) is 0.500. The SMILES string of the molecule is CC1=CC(C)=N/C1=C(/C1=CC(C)(C)[NH+]([O-])C(C)(C)C1)c1[nH]c(C)cc1C. The zero-order chi connectivity index (χ0) is 19.4. The van der Waals surface area contributed by atoms with Gasteiger partial charge in [-0.15, -0.1) is 0 Å². The highest BCUT2D eigenvalue weighted by Gasteiger charge is 2.42. The van der Waals surface area contributed by atoms with E-state index in [-0.39, 0.29) is 5.54 Å². The molecule has 3 heterocycles. The van der Waals surface area contributed by atoms with Gasteiger partial charge in [0.05, 0.1) is 16.9 Å². The van der Waals surface area contributed by atoms with Crippen LogP contribution in [-0.4, -0.2) is 21.8 Å². The van der Waals surface area contributed by atoms with Crippen molar-refractivity contribution in [1.82, 2.24) is 4.98 Å². The number of rotatable bonds is 2. The van der Waals surface area contributed by atoms with Crippen LogP contribution in [0.1, 0.15) is 64.9 Å². The van der Waals surface area contributed by atoms with Gasteiger partial charge in [-0.3, -0.25) is 4.99 Å². The lowest BCUT2D eigenvalue weighted by atomic mass is 9.78. The van der Waals surface area contributed by atoms with Gasteiger partial charge in [-0.2, -0.15) is 0 Å². The summed E-state index contributed by atoms with van der Waals surface area (Å²) < 4.78 is 0. The molecule has 0 aromatic carbocycles. The number of hydrogen-bond donors (Lipinski definition) is 2. The number of aromatic amines is 1. The first-order valence-electron chi connectivity index (χ1n) is 9.34. The molecule has 0 spiro atoms. The molecule has 4 heteroatoms. The molecule has 0 saturated heterocycles. The molecule has 0 radical (unpaired) electrons. The number of aliphatic imine (C=N–C) groups is 1. The summed E-state index contributed by atoms with van der Waals surface area (Å²) in [6, 6.07) is 2.17. The summed E-state index contributed by atoms with van der Waals surface area (Å²) in [5.41, 5.74) is 8.21. The smallest absolute Gasteiger partial charge is 0.111 e. The van der Waals surface area contributed by atoms with Crippen molar-refractivity contribution in [2.75, 3.05) is 0 Å². The summed E-state index contributed by atoms with van der Waals surface area (Å²) in [5, 5.41) is 13.2. The summed E-state index contributed by atoms with van der Waals surface area (Å²) in [7, 11) is 0. The van der Waals surface area contributed by atoms with Crippen LogP contribution in [0.15, 0.2) is 40.1 Å². The Labute approximate surface area is 157 Å². The number of nitrogens with zero attached hydrogens (tertiary/aromatic N) is 1. The molecule has 1 aromatic rings. The Kier molecular flexibility index (Phi) is 4.40. The highest BCUT2D eigenvalue weighted by Crippen LogP contribution is 2.39. The van der Waals surface area contributed by atoms with Crippen molar-refractivity contribution in [2.45, 2.75) is 72.9 Å². The van der Waals surface area contributed by atoms with Crippen LogP contribution < -0.4 is 5.06 Å². The third kappa shape index (κ3) is 3.12. The van der Waals surface area contributed by atoms with Gasteiger partial charge in [0.25, 0.3) is 0 Å². The molecule has 2 aliphatic rings. The maximum Gasteiger partial charge on any atom is 0.111 e.